The first kappa shape index (κ1) is 13.2. The van der Waals surface area contributed by atoms with Crippen LogP contribution in [-0.2, 0) is 0 Å². The predicted octanol–water partition coefficient (Wildman–Crippen LogP) is 2.12. The van der Waals surface area contributed by atoms with Crippen molar-refractivity contribution >= 4 is 32.6 Å². The standard InChI is InChI=1S/C14H13N5O2S/c15-11(20)12-17-13(21-18-12)9-5-3-7-19(9)14-16-8-4-1-2-6-10(8)22-14/h1-2,4,6,9H,3,5,7H2,(H2,15,20)/t9-/m0/s1. The zero-order valence-electron chi connectivity index (χ0n) is 11.6. The molecule has 1 saturated heterocycles. The Morgan fingerprint density at radius 3 is 3.00 bits per heavy atom. The molecule has 1 amide bonds. The molecule has 0 saturated carbocycles. The monoisotopic (exact) mass is 315 g/mol. The van der Waals surface area contributed by atoms with Crippen molar-refractivity contribution in [1.29, 1.82) is 0 Å². The number of para-hydroxylation sites is 1. The minimum Gasteiger partial charge on any atom is -0.363 e. The largest absolute Gasteiger partial charge is 0.363 e. The van der Waals surface area contributed by atoms with Crippen LogP contribution in [0.2, 0.25) is 0 Å². The van der Waals surface area contributed by atoms with Gasteiger partial charge in [0.2, 0.25) is 5.89 Å². The van der Waals surface area contributed by atoms with E-state index in [1.165, 1.54) is 0 Å². The molecule has 0 bridgehead atoms. The topological polar surface area (TPSA) is 98.1 Å². The maximum absolute atomic E-state index is 11.1. The Kier molecular flexibility index (Phi) is 3.04. The first-order valence-electron chi connectivity index (χ1n) is 6.98. The van der Waals surface area contributed by atoms with Crippen molar-refractivity contribution in [1.82, 2.24) is 15.1 Å². The quantitative estimate of drug-likeness (QED) is 0.795. The van der Waals surface area contributed by atoms with E-state index in [0.29, 0.717) is 5.89 Å². The lowest BCUT2D eigenvalue weighted by molar-refractivity contribution is 0.0987. The number of amides is 1. The lowest BCUT2D eigenvalue weighted by Gasteiger charge is -2.20. The van der Waals surface area contributed by atoms with E-state index in [2.05, 4.69) is 26.1 Å². The fraction of sp³-hybridized carbons (Fsp3) is 0.286. The van der Waals surface area contributed by atoms with Crippen LogP contribution in [0.5, 0.6) is 0 Å². The van der Waals surface area contributed by atoms with Gasteiger partial charge in [-0.05, 0) is 25.0 Å². The molecule has 1 aromatic carbocycles. The van der Waals surface area contributed by atoms with E-state index in [1.54, 1.807) is 11.3 Å². The van der Waals surface area contributed by atoms with E-state index >= 15 is 0 Å². The maximum atomic E-state index is 11.1. The molecule has 0 unspecified atom stereocenters. The number of anilines is 1. The molecule has 7 nitrogen and oxygen atoms in total. The zero-order valence-corrected chi connectivity index (χ0v) is 12.4. The Hall–Kier alpha value is -2.48. The molecular weight excluding hydrogens is 302 g/mol. The van der Waals surface area contributed by atoms with Gasteiger partial charge in [0.25, 0.3) is 11.7 Å². The van der Waals surface area contributed by atoms with Crippen molar-refractivity contribution in [3.05, 3.63) is 36.0 Å². The molecule has 112 valence electrons. The van der Waals surface area contributed by atoms with Crippen molar-refractivity contribution in [2.45, 2.75) is 18.9 Å². The molecule has 22 heavy (non-hydrogen) atoms. The van der Waals surface area contributed by atoms with Crippen LogP contribution in [0.4, 0.5) is 5.13 Å². The van der Waals surface area contributed by atoms with Crippen molar-refractivity contribution in [3.8, 4) is 0 Å². The molecule has 1 atom stereocenters. The van der Waals surface area contributed by atoms with Gasteiger partial charge in [-0.3, -0.25) is 4.79 Å². The molecule has 0 aliphatic carbocycles. The lowest BCUT2D eigenvalue weighted by atomic mass is 10.2. The second-order valence-corrected chi connectivity index (χ2v) is 6.15. The number of primary amides is 1. The van der Waals surface area contributed by atoms with Crippen LogP contribution in [0.3, 0.4) is 0 Å². The first-order valence-corrected chi connectivity index (χ1v) is 7.79. The Bertz CT molecular complexity index is 810. The maximum Gasteiger partial charge on any atom is 0.290 e. The second kappa shape index (κ2) is 5.06. The summed E-state index contributed by atoms with van der Waals surface area (Å²) in [6.07, 6.45) is 1.89. The number of rotatable bonds is 3. The lowest BCUT2D eigenvalue weighted by Crippen LogP contribution is -2.22. The summed E-state index contributed by atoms with van der Waals surface area (Å²) in [5.41, 5.74) is 6.16. The van der Waals surface area contributed by atoms with Gasteiger partial charge >= 0.3 is 0 Å². The van der Waals surface area contributed by atoms with Crippen LogP contribution >= 0.6 is 11.3 Å². The zero-order chi connectivity index (χ0) is 15.1. The van der Waals surface area contributed by atoms with Gasteiger partial charge in [-0.25, -0.2) is 4.98 Å². The van der Waals surface area contributed by atoms with Crippen LogP contribution in [0.1, 0.15) is 35.4 Å². The van der Waals surface area contributed by atoms with Crippen molar-refractivity contribution in [3.63, 3.8) is 0 Å². The van der Waals surface area contributed by atoms with Crippen molar-refractivity contribution in [2.24, 2.45) is 5.73 Å². The fourth-order valence-electron chi connectivity index (χ4n) is 2.71. The number of fused-ring (bicyclic) bond motifs is 1. The van der Waals surface area contributed by atoms with Gasteiger partial charge in [0.15, 0.2) is 5.13 Å². The van der Waals surface area contributed by atoms with Crippen LogP contribution < -0.4 is 10.6 Å². The molecule has 4 rings (SSSR count). The third-order valence-electron chi connectivity index (χ3n) is 3.73. The van der Waals surface area contributed by atoms with Gasteiger partial charge < -0.3 is 15.2 Å². The molecule has 2 N–H and O–H groups in total. The highest BCUT2D eigenvalue weighted by Crippen LogP contribution is 2.39. The average Bonchev–Trinajstić information content (AvgIpc) is 3.24. The molecule has 0 spiro atoms. The molecule has 2 aromatic heterocycles. The number of carbonyl (C=O) groups is 1. The van der Waals surface area contributed by atoms with Gasteiger partial charge in [-0.15, -0.1) is 0 Å². The van der Waals surface area contributed by atoms with E-state index in [-0.39, 0.29) is 11.9 Å². The number of carbonyl (C=O) groups excluding carboxylic acids is 1. The highest BCUT2D eigenvalue weighted by atomic mass is 32.1. The summed E-state index contributed by atoms with van der Waals surface area (Å²) in [6, 6.07) is 7.98. The highest BCUT2D eigenvalue weighted by molar-refractivity contribution is 7.22. The summed E-state index contributed by atoms with van der Waals surface area (Å²) in [6.45, 7) is 0.874. The van der Waals surface area contributed by atoms with Gasteiger partial charge in [0.05, 0.1) is 10.2 Å². The SMILES string of the molecule is NC(=O)c1noc([C@@H]2CCCN2c2nc3ccccc3s2)n1. The molecule has 3 aromatic rings. The van der Waals surface area contributed by atoms with E-state index < -0.39 is 5.91 Å². The van der Waals surface area contributed by atoms with Crippen molar-refractivity contribution < 1.29 is 9.32 Å². The molecule has 1 aliphatic rings. The van der Waals surface area contributed by atoms with Gasteiger partial charge in [-0.1, -0.05) is 28.6 Å². The second-order valence-electron chi connectivity index (χ2n) is 5.14. The number of nitrogens with two attached hydrogens (primary N) is 1. The van der Waals surface area contributed by atoms with Gasteiger partial charge in [0, 0.05) is 6.54 Å². The van der Waals surface area contributed by atoms with Gasteiger partial charge in [0.1, 0.15) is 6.04 Å². The number of aromatic nitrogens is 3. The van der Waals surface area contributed by atoms with Crippen LogP contribution in [0, 0.1) is 0 Å². The molecule has 3 heterocycles. The smallest absolute Gasteiger partial charge is 0.290 e. The normalized spacial score (nSPS) is 18.2. The summed E-state index contributed by atoms with van der Waals surface area (Å²) in [4.78, 5) is 22.0. The van der Waals surface area contributed by atoms with Crippen LogP contribution in [-0.4, -0.2) is 27.6 Å². The Morgan fingerprint density at radius 1 is 1.36 bits per heavy atom. The van der Waals surface area contributed by atoms with E-state index in [4.69, 9.17) is 10.3 Å². The van der Waals surface area contributed by atoms with Crippen molar-refractivity contribution in [2.75, 3.05) is 11.4 Å². The number of hydrogen-bond acceptors (Lipinski definition) is 7. The summed E-state index contributed by atoms with van der Waals surface area (Å²) < 4.78 is 6.35. The average molecular weight is 315 g/mol. The first-order chi connectivity index (χ1) is 10.7. The number of nitrogens with zero attached hydrogens (tertiary/aromatic N) is 4. The molecule has 1 fully saturated rings. The molecule has 0 radical (unpaired) electrons. The number of benzene rings is 1. The molecular formula is C14H13N5O2S. The Balaban J connectivity index is 1.69. The summed E-state index contributed by atoms with van der Waals surface area (Å²) in [5.74, 6) is -0.337. The molecule has 1 aliphatic heterocycles. The Labute approximate surface area is 129 Å². The summed E-state index contributed by atoms with van der Waals surface area (Å²) in [7, 11) is 0. The highest BCUT2D eigenvalue weighted by Gasteiger charge is 2.33. The third-order valence-corrected chi connectivity index (χ3v) is 4.80. The van der Waals surface area contributed by atoms with Gasteiger partial charge in [-0.2, -0.15) is 4.98 Å². The summed E-state index contributed by atoms with van der Waals surface area (Å²) >= 11 is 1.64. The van der Waals surface area contributed by atoms with Crippen LogP contribution in [0.25, 0.3) is 10.2 Å². The van der Waals surface area contributed by atoms with E-state index in [9.17, 15) is 4.79 Å². The fourth-order valence-corrected chi connectivity index (χ4v) is 3.75. The van der Waals surface area contributed by atoms with E-state index in [1.807, 2.05) is 18.2 Å². The third kappa shape index (κ3) is 2.12. The molecule has 8 heteroatoms. The summed E-state index contributed by atoms with van der Waals surface area (Å²) in [5, 5.41) is 4.56. The van der Waals surface area contributed by atoms with E-state index in [0.717, 1.165) is 34.7 Å². The Morgan fingerprint density at radius 2 is 2.23 bits per heavy atom. The predicted molar refractivity (Wildman–Crippen MR) is 81.8 cm³/mol. The minimum atomic E-state index is -0.681. The number of hydrogen-bond donors (Lipinski definition) is 1. The van der Waals surface area contributed by atoms with Crippen LogP contribution in [0.15, 0.2) is 28.8 Å². The number of thiazole rings is 1. The minimum absolute atomic E-state index is 0.0545.